The SMILES string of the molecule is Cc1nc2ccccc2c(=O)n1N1C(=O)C(Cl)C12CCCc1ccccc12. The van der Waals surface area contributed by atoms with E-state index in [4.69, 9.17) is 11.6 Å². The van der Waals surface area contributed by atoms with Gasteiger partial charge in [-0.2, -0.15) is 4.68 Å². The number of rotatable bonds is 1. The molecule has 0 radical (unpaired) electrons. The van der Waals surface area contributed by atoms with Crippen LogP contribution in [0.15, 0.2) is 53.3 Å². The molecule has 0 saturated carbocycles. The zero-order chi connectivity index (χ0) is 18.8. The molecule has 1 fully saturated rings. The summed E-state index contributed by atoms with van der Waals surface area (Å²) in [5, 5.41) is 1.37. The fourth-order valence-electron chi connectivity index (χ4n) is 4.62. The number of carbonyl (C=O) groups is 1. The molecular formula is C21H18ClN3O2. The molecule has 2 heterocycles. The Kier molecular flexibility index (Phi) is 3.46. The van der Waals surface area contributed by atoms with Crippen LogP contribution in [0.25, 0.3) is 10.9 Å². The molecule has 5 nitrogen and oxygen atoms in total. The molecule has 1 saturated heterocycles. The number of fused-ring (bicyclic) bond motifs is 3. The third-order valence-corrected chi connectivity index (χ3v) is 6.37. The van der Waals surface area contributed by atoms with E-state index in [2.05, 4.69) is 11.1 Å². The normalized spacial score (nSPS) is 24.1. The molecule has 1 aliphatic carbocycles. The van der Waals surface area contributed by atoms with Gasteiger partial charge in [0.25, 0.3) is 11.5 Å². The molecule has 27 heavy (non-hydrogen) atoms. The van der Waals surface area contributed by atoms with Crippen molar-refractivity contribution in [3.05, 3.63) is 75.8 Å². The lowest BCUT2D eigenvalue weighted by Crippen LogP contribution is -2.77. The molecule has 2 aliphatic rings. The van der Waals surface area contributed by atoms with E-state index in [-0.39, 0.29) is 11.5 Å². The van der Waals surface area contributed by atoms with Crippen LogP contribution in [0.3, 0.4) is 0 Å². The van der Waals surface area contributed by atoms with Gasteiger partial charge in [-0.1, -0.05) is 36.4 Å². The van der Waals surface area contributed by atoms with Gasteiger partial charge in [0.2, 0.25) is 0 Å². The summed E-state index contributed by atoms with van der Waals surface area (Å²) in [4.78, 5) is 30.7. The first-order chi connectivity index (χ1) is 13.1. The van der Waals surface area contributed by atoms with Crippen molar-refractivity contribution in [3.63, 3.8) is 0 Å². The number of benzene rings is 2. The van der Waals surface area contributed by atoms with Gasteiger partial charge in [0.15, 0.2) is 0 Å². The summed E-state index contributed by atoms with van der Waals surface area (Å²) in [5.74, 6) is 0.230. The molecule has 1 aliphatic heterocycles. The van der Waals surface area contributed by atoms with E-state index in [9.17, 15) is 9.59 Å². The van der Waals surface area contributed by atoms with Crippen molar-refractivity contribution in [3.8, 4) is 0 Å². The summed E-state index contributed by atoms with van der Waals surface area (Å²) in [6, 6.07) is 15.3. The Morgan fingerprint density at radius 3 is 2.70 bits per heavy atom. The second-order valence-corrected chi connectivity index (χ2v) is 7.68. The van der Waals surface area contributed by atoms with E-state index < -0.39 is 10.9 Å². The predicted octanol–water partition coefficient (Wildman–Crippen LogP) is 3.02. The van der Waals surface area contributed by atoms with Gasteiger partial charge in [-0.25, -0.2) is 9.99 Å². The number of alkyl halides is 1. The first-order valence-electron chi connectivity index (χ1n) is 9.11. The summed E-state index contributed by atoms with van der Waals surface area (Å²) in [6.07, 6.45) is 2.59. The van der Waals surface area contributed by atoms with Gasteiger partial charge >= 0.3 is 0 Å². The summed E-state index contributed by atoms with van der Waals surface area (Å²) < 4.78 is 1.42. The molecule has 5 rings (SSSR count). The third kappa shape index (κ3) is 2.03. The van der Waals surface area contributed by atoms with Crippen LogP contribution in [0.2, 0.25) is 0 Å². The molecule has 136 valence electrons. The number of aromatic nitrogens is 2. The molecule has 6 heteroatoms. The number of β-lactam (4-membered cyclic amide) rings is 1. The first kappa shape index (κ1) is 16.5. The Hall–Kier alpha value is -2.66. The summed E-state index contributed by atoms with van der Waals surface area (Å²) in [7, 11) is 0. The second kappa shape index (κ2) is 5.67. The zero-order valence-electron chi connectivity index (χ0n) is 14.9. The lowest BCUT2D eigenvalue weighted by Gasteiger charge is -2.57. The maximum Gasteiger partial charge on any atom is 0.280 e. The summed E-state index contributed by atoms with van der Waals surface area (Å²) >= 11 is 6.60. The monoisotopic (exact) mass is 379 g/mol. The number of nitrogens with zero attached hydrogens (tertiary/aromatic N) is 3. The van der Waals surface area contributed by atoms with Crippen LogP contribution in [0.5, 0.6) is 0 Å². The molecule has 0 N–H and O–H groups in total. The highest BCUT2D eigenvalue weighted by Gasteiger charge is 2.63. The molecule has 1 amide bonds. The van der Waals surface area contributed by atoms with Crippen molar-refractivity contribution in [2.24, 2.45) is 0 Å². The number of amides is 1. The highest BCUT2D eigenvalue weighted by Crippen LogP contribution is 2.50. The maximum atomic E-state index is 13.3. The van der Waals surface area contributed by atoms with Crippen molar-refractivity contribution in [2.45, 2.75) is 37.1 Å². The second-order valence-electron chi connectivity index (χ2n) is 7.24. The maximum absolute atomic E-state index is 13.3. The number of hydrogen-bond donors (Lipinski definition) is 0. The summed E-state index contributed by atoms with van der Waals surface area (Å²) in [6.45, 7) is 1.76. The molecule has 1 aromatic heterocycles. The topological polar surface area (TPSA) is 55.2 Å². The van der Waals surface area contributed by atoms with E-state index in [0.29, 0.717) is 16.7 Å². The fourth-order valence-corrected chi connectivity index (χ4v) is 5.04. The number of para-hydroxylation sites is 1. The minimum absolute atomic E-state index is 0.238. The predicted molar refractivity (Wildman–Crippen MR) is 105 cm³/mol. The third-order valence-electron chi connectivity index (χ3n) is 5.83. The molecule has 3 aromatic rings. The molecule has 0 bridgehead atoms. The van der Waals surface area contributed by atoms with Gasteiger partial charge in [-0.05, 0) is 49.4 Å². The van der Waals surface area contributed by atoms with Crippen LogP contribution < -0.4 is 10.6 Å². The zero-order valence-corrected chi connectivity index (χ0v) is 15.6. The van der Waals surface area contributed by atoms with E-state index in [1.54, 1.807) is 24.1 Å². The van der Waals surface area contributed by atoms with Crippen molar-refractivity contribution in [1.29, 1.82) is 0 Å². The van der Waals surface area contributed by atoms with Crippen LogP contribution in [0, 0.1) is 6.92 Å². The Balaban J connectivity index is 1.78. The average Bonchev–Trinajstić information content (AvgIpc) is 2.70. The molecule has 2 unspecified atom stereocenters. The minimum atomic E-state index is -0.702. The van der Waals surface area contributed by atoms with Crippen LogP contribution >= 0.6 is 11.6 Å². The minimum Gasteiger partial charge on any atom is -0.271 e. The number of halogens is 1. The van der Waals surface area contributed by atoms with Gasteiger partial charge in [0.1, 0.15) is 16.7 Å². The van der Waals surface area contributed by atoms with E-state index >= 15 is 0 Å². The number of aryl methyl sites for hydroxylation is 2. The van der Waals surface area contributed by atoms with Gasteiger partial charge in [0, 0.05) is 0 Å². The van der Waals surface area contributed by atoms with E-state index in [1.165, 1.54) is 10.2 Å². The van der Waals surface area contributed by atoms with Crippen LogP contribution in [-0.2, 0) is 16.8 Å². The van der Waals surface area contributed by atoms with Gasteiger partial charge < -0.3 is 0 Å². The van der Waals surface area contributed by atoms with Crippen LogP contribution in [-0.4, -0.2) is 20.9 Å². The summed E-state index contributed by atoms with van der Waals surface area (Å²) in [5.41, 5.74) is 1.91. The average molecular weight is 380 g/mol. The molecule has 1 spiro atoms. The molecule has 2 atom stereocenters. The highest BCUT2D eigenvalue weighted by atomic mass is 35.5. The van der Waals surface area contributed by atoms with Crippen molar-refractivity contribution in [1.82, 2.24) is 9.66 Å². The van der Waals surface area contributed by atoms with Gasteiger partial charge in [-0.15, -0.1) is 11.6 Å². The van der Waals surface area contributed by atoms with Crippen molar-refractivity contribution < 1.29 is 4.79 Å². The smallest absolute Gasteiger partial charge is 0.271 e. The van der Waals surface area contributed by atoms with Crippen molar-refractivity contribution in [2.75, 3.05) is 5.01 Å². The Bertz CT molecular complexity index is 1160. The largest absolute Gasteiger partial charge is 0.280 e. The molecular weight excluding hydrogens is 362 g/mol. The number of hydrogen-bond acceptors (Lipinski definition) is 3. The molecule has 2 aromatic carbocycles. The lowest BCUT2D eigenvalue weighted by molar-refractivity contribution is -0.131. The Morgan fingerprint density at radius 2 is 1.85 bits per heavy atom. The first-order valence-corrected chi connectivity index (χ1v) is 9.54. The van der Waals surface area contributed by atoms with Crippen LogP contribution in [0.4, 0.5) is 0 Å². The van der Waals surface area contributed by atoms with Crippen LogP contribution in [0.1, 0.15) is 29.8 Å². The fraction of sp³-hybridized carbons (Fsp3) is 0.286. The van der Waals surface area contributed by atoms with Gasteiger partial charge in [0.05, 0.1) is 10.9 Å². The van der Waals surface area contributed by atoms with Gasteiger partial charge in [-0.3, -0.25) is 9.59 Å². The lowest BCUT2D eigenvalue weighted by atomic mass is 9.69. The quantitative estimate of drug-likeness (QED) is 0.482. The van der Waals surface area contributed by atoms with E-state index in [0.717, 1.165) is 24.8 Å². The Labute approximate surface area is 161 Å². The van der Waals surface area contributed by atoms with Crippen molar-refractivity contribution >= 4 is 28.4 Å². The van der Waals surface area contributed by atoms with E-state index in [1.807, 2.05) is 30.3 Å². The number of carbonyl (C=O) groups excluding carboxylic acids is 1. The Morgan fingerprint density at radius 1 is 1.11 bits per heavy atom. The highest BCUT2D eigenvalue weighted by molar-refractivity contribution is 6.37. The standard InChI is InChI=1S/C21H18ClN3O2/c1-13-23-17-11-5-3-9-15(17)19(26)24(13)25-20(27)18(22)21(25)12-6-8-14-7-2-4-10-16(14)21/h2-5,7,9-11,18H,6,8,12H2,1H3.